The summed E-state index contributed by atoms with van der Waals surface area (Å²) in [7, 11) is 1.67. The van der Waals surface area contributed by atoms with E-state index in [0.29, 0.717) is 19.5 Å². The first-order valence-electron chi connectivity index (χ1n) is 10.5. The minimum Gasteiger partial charge on any atom is -0.496 e. The summed E-state index contributed by atoms with van der Waals surface area (Å²) in [5.74, 6) is 0.872. The van der Waals surface area contributed by atoms with Crippen LogP contribution in [0.15, 0.2) is 72.8 Å². The highest BCUT2D eigenvalue weighted by atomic mass is 16.5. The van der Waals surface area contributed by atoms with Crippen LogP contribution in [0, 0.1) is 6.92 Å². The molecule has 160 valence electrons. The highest BCUT2D eigenvalue weighted by Gasteiger charge is 2.34. The van der Waals surface area contributed by atoms with Gasteiger partial charge in [-0.3, -0.25) is 9.78 Å². The van der Waals surface area contributed by atoms with E-state index < -0.39 is 0 Å². The highest BCUT2D eigenvalue weighted by molar-refractivity contribution is 5.82. The van der Waals surface area contributed by atoms with Crippen molar-refractivity contribution in [2.45, 2.75) is 38.5 Å². The zero-order valence-corrected chi connectivity index (χ0v) is 17.9. The van der Waals surface area contributed by atoms with Crippen LogP contribution in [0.5, 0.6) is 5.75 Å². The van der Waals surface area contributed by atoms with E-state index in [1.54, 1.807) is 7.11 Å². The van der Waals surface area contributed by atoms with Crippen LogP contribution >= 0.6 is 0 Å². The summed E-state index contributed by atoms with van der Waals surface area (Å²) in [6.07, 6.45) is 0.645. The Labute approximate surface area is 183 Å². The minimum absolute atomic E-state index is 0.000713. The summed E-state index contributed by atoms with van der Waals surface area (Å²) in [6, 6.07) is 23.6. The number of pyridine rings is 1. The van der Waals surface area contributed by atoms with Crippen LogP contribution in [0.1, 0.15) is 35.0 Å². The number of methoxy groups -OCH3 is 1. The van der Waals surface area contributed by atoms with E-state index >= 15 is 0 Å². The van der Waals surface area contributed by atoms with Crippen molar-refractivity contribution in [2.75, 3.05) is 7.11 Å². The number of amides is 1. The number of carbonyl (C=O) groups is 1. The maximum atomic E-state index is 13.5. The van der Waals surface area contributed by atoms with Gasteiger partial charge in [0.1, 0.15) is 11.8 Å². The van der Waals surface area contributed by atoms with E-state index in [1.165, 1.54) is 0 Å². The standard InChI is InChI=1S/C25H28N4O2/c1-18-9-8-12-20(26-18)17-29(16-19-10-4-3-5-11-19)25(30)23-15-22(27-28-23)21-13-6-7-14-24(21)31-2/h3-14,22-23,27-28H,15-17H2,1-2H3. The number of hydrazine groups is 1. The number of para-hydroxylation sites is 1. The van der Waals surface area contributed by atoms with Gasteiger partial charge < -0.3 is 9.64 Å². The van der Waals surface area contributed by atoms with Crippen LogP contribution in [-0.2, 0) is 17.9 Å². The second kappa shape index (κ2) is 9.73. The van der Waals surface area contributed by atoms with Gasteiger partial charge in [0.2, 0.25) is 5.91 Å². The Morgan fingerprint density at radius 3 is 2.55 bits per heavy atom. The van der Waals surface area contributed by atoms with E-state index in [4.69, 9.17) is 4.74 Å². The maximum Gasteiger partial charge on any atom is 0.241 e. The molecule has 1 aromatic heterocycles. The van der Waals surface area contributed by atoms with Crippen LogP contribution in [0.4, 0.5) is 0 Å². The highest BCUT2D eigenvalue weighted by Crippen LogP contribution is 2.30. The van der Waals surface area contributed by atoms with E-state index in [2.05, 4.69) is 15.8 Å². The van der Waals surface area contributed by atoms with Crippen molar-refractivity contribution in [3.8, 4) is 5.75 Å². The molecule has 3 aromatic rings. The Balaban J connectivity index is 1.52. The lowest BCUT2D eigenvalue weighted by molar-refractivity contribution is -0.134. The Kier molecular flexibility index (Phi) is 6.60. The van der Waals surface area contributed by atoms with Crippen LogP contribution in [0.25, 0.3) is 0 Å². The van der Waals surface area contributed by atoms with Crippen LogP contribution in [0.2, 0.25) is 0 Å². The number of hydrogen-bond donors (Lipinski definition) is 2. The molecule has 1 amide bonds. The summed E-state index contributed by atoms with van der Waals surface area (Å²) < 4.78 is 5.50. The zero-order valence-electron chi connectivity index (χ0n) is 17.9. The molecule has 1 aliphatic heterocycles. The summed E-state index contributed by atoms with van der Waals surface area (Å²) in [4.78, 5) is 20.0. The summed E-state index contributed by atoms with van der Waals surface area (Å²) in [6.45, 7) is 2.97. The fraction of sp³-hybridized carbons (Fsp3) is 0.280. The molecule has 2 atom stereocenters. The Morgan fingerprint density at radius 1 is 1.00 bits per heavy atom. The van der Waals surface area contributed by atoms with Gasteiger partial charge in [0.25, 0.3) is 0 Å². The lowest BCUT2D eigenvalue weighted by Crippen LogP contribution is -2.45. The van der Waals surface area contributed by atoms with Gasteiger partial charge >= 0.3 is 0 Å². The van der Waals surface area contributed by atoms with E-state index in [1.807, 2.05) is 84.6 Å². The average molecular weight is 417 g/mol. The van der Waals surface area contributed by atoms with Crippen molar-refractivity contribution in [3.05, 3.63) is 95.3 Å². The third kappa shape index (κ3) is 5.10. The second-order valence-corrected chi connectivity index (χ2v) is 7.82. The molecule has 2 unspecified atom stereocenters. The van der Waals surface area contributed by atoms with Crippen molar-refractivity contribution in [3.63, 3.8) is 0 Å². The number of nitrogens with one attached hydrogen (secondary N) is 2. The first-order valence-corrected chi connectivity index (χ1v) is 10.5. The molecule has 0 spiro atoms. The Hall–Kier alpha value is -3.22. The van der Waals surface area contributed by atoms with E-state index in [0.717, 1.165) is 28.3 Å². The van der Waals surface area contributed by atoms with Crippen LogP contribution in [0.3, 0.4) is 0 Å². The van der Waals surface area contributed by atoms with Gasteiger partial charge in [-0.05, 0) is 37.1 Å². The predicted molar refractivity (Wildman–Crippen MR) is 120 cm³/mol. The number of benzene rings is 2. The molecule has 2 heterocycles. The number of rotatable bonds is 7. The average Bonchev–Trinajstić information content (AvgIpc) is 3.29. The van der Waals surface area contributed by atoms with Crippen LogP contribution < -0.4 is 15.6 Å². The number of nitrogens with zero attached hydrogens (tertiary/aromatic N) is 2. The largest absolute Gasteiger partial charge is 0.496 e. The fourth-order valence-corrected chi connectivity index (χ4v) is 4.00. The molecular weight excluding hydrogens is 388 g/mol. The van der Waals surface area contributed by atoms with Crippen molar-refractivity contribution < 1.29 is 9.53 Å². The molecule has 2 aromatic carbocycles. The quantitative estimate of drug-likeness (QED) is 0.617. The summed E-state index contributed by atoms with van der Waals surface area (Å²) in [5, 5.41) is 0. The summed E-state index contributed by atoms with van der Waals surface area (Å²) in [5.41, 5.74) is 10.4. The topological polar surface area (TPSA) is 66.5 Å². The normalized spacial score (nSPS) is 18.0. The Bertz CT molecular complexity index is 1020. The predicted octanol–water partition coefficient (Wildman–Crippen LogP) is 3.54. The first-order chi connectivity index (χ1) is 15.1. The first kappa shape index (κ1) is 21.0. The van der Waals surface area contributed by atoms with Crippen molar-refractivity contribution in [1.82, 2.24) is 20.7 Å². The second-order valence-electron chi connectivity index (χ2n) is 7.82. The number of aryl methyl sites for hydroxylation is 1. The number of aromatic nitrogens is 1. The number of carbonyl (C=O) groups excluding carboxylic acids is 1. The summed E-state index contributed by atoms with van der Waals surface area (Å²) >= 11 is 0. The van der Waals surface area contributed by atoms with Gasteiger partial charge in [0.05, 0.1) is 25.4 Å². The van der Waals surface area contributed by atoms with Crippen molar-refractivity contribution in [2.24, 2.45) is 0 Å². The fourth-order valence-electron chi connectivity index (χ4n) is 4.00. The number of ether oxygens (including phenoxy) is 1. The molecule has 0 radical (unpaired) electrons. The van der Waals surface area contributed by atoms with Crippen molar-refractivity contribution >= 4 is 5.91 Å². The van der Waals surface area contributed by atoms with Gasteiger partial charge in [-0.25, -0.2) is 10.9 Å². The maximum absolute atomic E-state index is 13.5. The monoisotopic (exact) mass is 416 g/mol. The molecule has 0 bridgehead atoms. The molecule has 31 heavy (non-hydrogen) atoms. The van der Waals surface area contributed by atoms with Gasteiger partial charge in [0.15, 0.2) is 0 Å². The molecule has 1 saturated heterocycles. The van der Waals surface area contributed by atoms with Crippen LogP contribution in [-0.4, -0.2) is 28.9 Å². The molecule has 1 aliphatic rings. The SMILES string of the molecule is COc1ccccc1C1CC(C(=O)N(Cc2ccccc2)Cc2cccc(C)n2)NN1. The van der Waals surface area contributed by atoms with E-state index in [9.17, 15) is 4.79 Å². The zero-order chi connectivity index (χ0) is 21.6. The smallest absolute Gasteiger partial charge is 0.241 e. The molecule has 6 nitrogen and oxygen atoms in total. The lowest BCUT2D eigenvalue weighted by Gasteiger charge is -2.25. The molecule has 4 rings (SSSR count). The molecule has 0 saturated carbocycles. The Morgan fingerprint density at radius 2 is 1.77 bits per heavy atom. The number of hydrogen-bond acceptors (Lipinski definition) is 5. The van der Waals surface area contributed by atoms with Gasteiger partial charge in [-0.1, -0.05) is 54.6 Å². The third-order valence-corrected chi connectivity index (χ3v) is 5.54. The third-order valence-electron chi connectivity index (χ3n) is 5.54. The van der Waals surface area contributed by atoms with Gasteiger partial charge in [-0.15, -0.1) is 0 Å². The van der Waals surface area contributed by atoms with Gasteiger partial charge in [0, 0.05) is 17.8 Å². The molecule has 0 aliphatic carbocycles. The minimum atomic E-state index is -0.330. The molecule has 6 heteroatoms. The van der Waals surface area contributed by atoms with E-state index in [-0.39, 0.29) is 18.0 Å². The molecular formula is C25H28N4O2. The van der Waals surface area contributed by atoms with Gasteiger partial charge in [-0.2, -0.15) is 0 Å². The van der Waals surface area contributed by atoms with Crippen molar-refractivity contribution in [1.29, 1.82) is 0 Å². The molecule has 2 N–H and O–H groups in total. The lowest BCUT2D eigenvalue weighted by atomic mass is 10.0. The molecule has 1 fully saturated rings.